The summed E-state index contributed by atoms with van der Waals surface area (Å²) in [5.41, 5.74) is 6.58. The van der Waals surface area contributed by atoms with E-state index in [1.165, 1.54) is 13.2 Å². The Hall–Kier alpha value is -2.30. The highest BCUT2D eigenvalue weighted by molar-refractivity contribution is 5.96. The van der Waals surface area contributed by atoms with Gasteiger partial charge in [0.05, 0.1) is 12.6 Å². The third kappa shape index (κ3) is 1.63. The van der Waals surface area contributed by atoms with Crippen molar-refractivity contribution in [1.82, 2.24) is 4.98 Å². The van der Waals surface area contributed by atoms with Crippen molar-refractivity contribution in [1.29, 1.82) is 0 Å². The second-order valence-corrected chi connectivity index (χ2v) is 3.28. The van der Waals surface area contributed by atoms with Crippen LogP contribution in [0.3, 0.4) is 0 Å². The summed E-state index contributed by atoms with van der Waals surface area (Å²) in [6.07, 6.45) is 0. The Kier molecular flexibility index (Phi) is 2.36. The first kappa shape index (κ1) is 10.2. The molecule has 0 aliphatic rings. The molecule has 0 amide bonds. The van der Waals surface area contributed by atoms with E-state index in [1.807, 2.05) is 0 Å². The van der Waals surface area contributed by atoms with Crippen molar-refractivity contribution in [2.75, 3.05) is 12.8 Å². The molecule has 5 nitrogen and oxygen atoms in total. The molecule has 16 heavy (non-hydrogen) atoms. The standard InChI is InChI=1S/C11H10N2O3/c1-16-6-2-3-7-8(12)5-10(11(14)15)13-9(7)4-6/h2-5H,1H3,(H2,12,13)(H,14,15). The van der Waals surface area contributed by atoms with Crippen molar-refractivity contribution in [3.63, 3.8) is 0 Å². The number of hydrogen-bond acceptors (Lipinski definition) is 4. The first-order chi connectivity index (χ1) is 7.61. The van der Waals surface area contributed by atoms with E-state index in [4.69, 9.17) is 15.6 Å². The SMILES string of the molecule is COc1ccc2c(N)cc(C(=O)O)nc2c1. The zero-order valence-corrected chi connectivity index (χ0v) is 8.60. The number of methoxy groups -OCH3 is 1. The van der Waals surface area contributed by atoms with E-state index in [2.05, 4.69) is 4.98 Å². The monoisotopic (exact) mass is 218 g/mol. The van der Waals surface area contributed by atoms with Gasteiger partial charge in [-0.15, -0.1) is 0 Å². The van der Waals surface area contributed by atoms with E-state index in [0.717, 1.165) is 0 Å². The predicted octanol–water partition coefficient (Wildman–Crippen LogP) is 1.52. The van der Waals surface area contributed by atoms with Gasteiger partial charge >= 0.3 is 5.97 Å². The number of pyridine rings is 1. The Balaban J connectivity index is 2.72. The first-order valence-corrected chi connectivity index (χ1v) is 4.59. The summed E-state index contributed by atoms with van der Waals surface area (Å²) in [4.78, 5) is 14.8. The van der Waals surface area contributed by atoms with Gasteiger partial charge in [0, 0.05) is 17.1 Å². The van der Waals surface area contributed by atoms with Gasteiger partial charge in [-0.2, -0.15) is 0 Å². The van der Waals surface area contributed by atoms with E-state index >= 15 is 0 Å². The predicted molar refractivity (Wildman–Crippen MR) is 59.7 cm³/mol. The fourth-order valence-corrected chi connectivity index (χ4v) is 1.47. The highest BCUT2D eigenvalue weighted by atomic mass is 16.5. The van der Waals surface area contributed by atoms with Crippen molar-refractivity contribution in [3.8, 4) is 5.75 Å². The maximum absolute atomic E-state index is 10.8. The highest BCUT2D eigenvalue weighted by Gasteiger charge is 2.09. The summed E-state index contributed by atoms with van der Waals surface area (Å²) in [6, 6.07) is 6.50. The lowest BCUT2D eigenvalue weighted by Crippen LogP contribution is -2.02. The number of hydrogen-bond donors (Lipinski definition) is 2. The van der Waals surface area contributed by atoms with Crippen molar-refractivity contribution in [3.05, 3.63) is 30.0 Å². The number of carboxylic acids is 1. The lowest BCUT2D eigenvalue weighted by molar-refractivity contribution is 0.0691. The smallest absolute Gasteiger partial charge is 0.354 e. The van der Waals surface area contributed by atoms with E-state index in [0.29, 0.717) is 22.3 Å². The molecule has 5 heteroatoms. The van der Waals surface area contributed by atoms with Crippen molar-refractivity contribution >= 4 is 22.6 Å². The third-order valence-corrected chi connectivity index (χ3v) is 2.27. The summed E-state index contributed by atoms with van der Waals surface area (Å²) in [5, 5.41) is 9.56. The Labute approximate surface area is 91.5 Å². The average Bonchev–Trinajstić information content (AvgIpc) is 2.28. The van der Waals surface area contributed by atoms with Crippen LogP contribution in [-0.2, 0) is 0 Å². The minimum absolute atomic E-state index is 0.0711. The van der Waals surface area contributed by atoms with Crippen LogP contribution in [0, 0.1) is 0 Å². The van der Waals surface area contributed by atoms with Crippen LogP contribution in [0.15, 0.2) is 24.3 Å². The van der Waals surface area contributed by atoms with Crippen molar-refractivity contribution in [2.24, 2.45) is 0 Å². The van der Waals surface area contributed by atoms with Gasteiger partial charge < -0.3 is 15.6 Å². The Bertz CT molecular complexity index is 566. The summed E-state index contributed by atoms with van der Waals surface area (Å²) in [7, 11) is 1.53. The quantitative estimate of drug-likeness (QED) is 0.798. The second-order valence-electron chi connectivity index (χ2n) is 3.28. The molecule has 1 heterocycles. The van der Waals surface area contributed by atoms with E-state index in [9.17, 15) is 4.79 Å². The van der Waals surface area contributed by atoms with E-state index in [-0.39, 0.29) is 5.69 Å². The van der Waals surface area contributed by atoms with Gasteiger partial charge in [0.2, 0.25) is 0 Å². The molecule has 0 radical (unpaired) electrons. The molecule has 0 spiro atoms. The van der Waals surface area contributed by atoms with Crippen molar-refractivity contribution in [2.45, 2.75) is 0 Å². The molecule has 0 fully saturated rings. The maximum atomic E-state index is 10.8. The Morgan fingerprint density at radius 1 is 1.44 bits per heavy atom. The van der Waals surface area contributed by atoms with Gasteiger partial charge in [0.1, 0.15) is 5.75 Å². The van der Waals surface area contributed by atoms with Gasteiger partial charge in [-0.25, -0.2) is 9.78 Å². The molecule has 0 unspecified atom stereocenters. The Morgan fingerprint density at radius 2 is 2.19 bits per heavy atom. The minimum Gasteiger partial charge on any atom is -0.497 e. The number of ether oxygens (including phenoxy) is 1. The molecule has 0 atom stereocenters. The molecule has 0 bridgehead atoms. The summed E-state index contributed by atoms with van der Waals surface area (Å²) < 4.78 is 5.03. The van der Waals surface area contributed by atoms with Crippen LogP contribution in [-0.4, -0.2) is 23.2 Å². The number of nitrogens with two attached hydrogens (primary N) is 1. The third-order valence-electron chi connectivity index (χ3n) is 2.27. The van der Waals surface area contributed by atoms with Gasteiger partial charge in [-0.1, -0.05) is 0 Å². The van der Waals surface area contributed by atoms with Gasteiger partial charge in [-0.05, 0) is 18.2 Å². The number of aromatic nitrogens is 1. The lowest BCUT2D eigenvalue weighted by Gasteiger charge is -2.05. The molecule has 0 aliphatic carbocycles. The van der Waals surface area contributed by atoms with Crippen LogP contribution < -0.4 is 10.5 Å². The highest BCUT2D eigenvalue weighted by Crippen LogP contribution is 2.24. The minimum atomic E-state index is -1.10. The van der Waals surface area contributed by atoms with Crippen LogP contribution in [0.2, 0.25) is 0 Å². The summed E-state index contributed by atoms with van der Waals surface area (Å²) in [5.74, 6) is -0.488. The van der Waals surface area contributed by atoms with Crippen LogP contribution in [0.1, 0.15) is 10.5 Å². The molecule has 3 N–H and O–H groups in total. The van der Waals surface area contributed by atoms with Gasteiger partial charge in [-0.3, -0.25) is 0 Å². The molecule has 1 aromatic carbocycles. The summed E-state index contributed by atoms with van der Waals surface area (Å²) in [6.45, 7) is 0. The zero-order valence-electron chi connectivity index (χ0n) is 8.60. The molecule has 0 saturated heterocycles. The summed E-state index contributed by atoms with van der Waals surface area (Å²) >= 11 is 0. The maximum Gasteiger partial charge on any atom is 0.354 e. The molecule has 0 saturated carbocycles. The van der Waals surface area contributed by atoms with Gasteiger partial charge in [0.15, 0.2) is 5.69 Å². The molecule has 2 rings (SSSR count). The number of nitrogens with zero attached hydrogens (tertiary/aromatic N) is 1. The number of aromatic carboxylic acids is 1. The van der Waals surface area contributed by atoms with Crippen LogP contribution in [0.4, 0.5) is 5.69 Å². The van der Waals surface area contributed by atoms with E-state index in [1.54, 1.807) is 18.2 Å². The topological polar surface area (TPSA) is 85.4 Å². The lowest BCUT2D eigenvalue weighted by atomic mass is 10.1. The number of benzene rings is 1. The fraction of sp³-hybridized carbons (Fsp3) is 0.0909. The normalized spacial score (nSPS) is 10.3. The van der Waals surface area contributed by atoms with Gasteiger partial charge in [0.25, 0.3) is 0 Å². The van der Waals surface area contributed by atoms with Crippen LogP contribution in [0.5, 0.6) is 5.75 Å². The molecule has 1 aromatic heterocycles. The molecule has 0 aliphatic heterocycles. The molecular formula is C11H10N2O3. The Morgan fingerprint density at radius 3 is 2.81 bits per heavy atom. The molecular weight excluding hydrogens is 208 g/mol. The van der Waals surface area contributed by atoms with Crippen LogP contribution >= 0.6 is 0 Å². The average molecular weight is 218 g/mol. The van der Waals surface area contributed by atoms with E-state index < -0.39 is 5.97 Å². The number of carbonyl (C=O) groups is 1. The second kappa shape index (κ2) is 3.69. The molecule has 2 aromatic rings. The number of rotatable bonds is 2. The fourth-order valence-electron chi connectivity index (χ4n) is 1.47. The number of fused-ring (bicyclic) bond motifs is 1. The molecule has 82 valence electrons. The largest absolute Gasteiger partial charge is 0.497 e. The number of anilines is 1. The zero-order chi connectivity index (χ0) is 11.7. The number of carboxylic acid groups (broad SMARTS) is 1. The first-order valence-electron chi connectivity index (χ1n) is 4.59. The number of nitrogen functional groups attached to an aromatic ring is 1. The van der Waals surface area contributed by atoms with Crippen molar-refractivity contribution < 1.29 is 14.6 Å². The van der Waals surface area contributed by atoms with Crippen LogP contribution in [0.25, 0.3) is 10.9 Å².